The van der Waals surface area contributed by atoms with Gasteiger partial charge in [0.2, 0.25) is 0 Å². The van der Waals surface area contributed by atoms with E-state index < -0.39 is 0 Å². The van der Waals surface area contributed by atoms with E-state index in [2.05, 4.69) is 13.8 Å². The van der Waals surface area contributed by atoms with Crippen LogP contribution >= 0.6 is 0 Å². The Labute approximate surface area is 76.2 Å². The lowest BCUT2D eigenvalue weighted by molar-refractivity contribution is 0.126. The molecule has 0 aromatic heterocycles. The third-order valence-electron chi connectivity index (χ3n) is 2.98. The first-order valence-corrected chi connectivity index (χ1v) is 5.38. The highest BCUT2D eigenvalue weighted by molar-refractivity contribution is 4.76. The summed E-state index contributed by atoms with van der Waals surface area (Å²) in [6.45, 7) is 4.54. The molecule has 0 aliphatic heterocycles. The highest BCUT2D eigenvalue weighted by Gasteiger charge is 2.24. The highest BCUT2D eigenvalue weighted by atomic mass is 16.3. The van der Waals surface area contributed by atoms with Crippen molar-refractivity contribution < 1.29 is 5.11 Å². The zero-order chi connectivity index (χ0) is 8.97. The Morgan fingerprint density at radius 3 is 2.58 bits per heavy atom. The van der Waals surface area contributed by atoms with Gasteiger partial charge in [-0.1, -0.05) is 33.1 Å². The molecule has 12 heavy (non-hydrogen) atoms. The maximum atomic E-state index is 9.55. The SMILES string of the molecule is CC(C)CCC[C@@H]1CCC[C@H]1O. The average molecular weight is 170 g/mol. The van der Waals surface area contributed by atoms with Crippen molar-refractivity contribution in [2.75, 3.05) is 0 Å². The minimum Gasteiger partial charge on any atom is -0.393 e. The minimum atomic E-state index is 0.0252. The second-order valence-corrected chi connectivity index (χ2v) is 4.58. The van der Waals surface area contributed by atoms with Gasteiger partial charge in [-0.15, -0.1) is 0 Å². The molecule has 72 valence electrons. The lowest BCUT2D eigenvalue weighted by Gasteiger charge is -2.14. The molecule has 1 N–H and O–H groups in total. The zero-order valence-electron chi connectivity index (χ0n) is 8.42. The summed E-state index contributed by atoms with van der Waals surface area (Å²) in [5.74, 6) is 1.45. The Morgan fingerprint density at radius 1 is 1.33 bits per heavy atom. The highest BCUT2D eigenvalue weighted by Crippen LogP contribution is 2.29. The van der Waals surface area contributed by atoms with E-state index in [-0.39, 0.29) is 6.10 Å². The minimum absolute atomic E-state index is 0.0252. The summed E-state index contributed by atoms with van der Waals surface area (Å²) in [4.78, 5) is 0. The van der Waals surface area contributed by atoms with Crippen LogP contribution in [0.15, 0.2) is 0 Å². The van der Waals surface area contributed by atoms with Gasteiger partial charge >= 0.3 is 0 Å². The summed E-state index contributed by atoms with van der Waals surface area (Å²) in [5.41, 5.74) is 0. The third kappa shape index (κ3) is 3.14. The molecule has 0 saturated heterocycles. The van der Waals surface area contributed by atoms with Crippen molar-refractivity contribution in [3.63, 3.8) is 0 Å². The van der Waals surface area contributed by atoms with Gasteiger partial charge in [0, 0.05) is 0 Å². The van der Waals surface area contributed by atoms with Crippen molar-refractivity contribution in [3.8, 4) is 0 Å². The quantitative estimate of drug-likeness (QED) is 0.687. The van der Waals surface area contributed by atoms with E-state index in [1.54, 1.807) is 0 Å². The molecule has 1 nitrogen and oxygen atoms in total. The Balaban J connectivity index is 2.06. The summed E-state index contributed by atoms with van der Waals surface area (Å²) in [5, 5.41) is 9.55. The summed E-state index contributed by atoms with van der Waals surface area (Å²) in [7, 11) is 0. The Bertz CT molecular complexity index is 120. The van der Waals surface area contributed by atoms with Crippen LogP contribution in [0.5, 0.6) is 0 Å². The van der Waals surface area contributed by atoms with Crippen LogP contribution in [0.25, 0.3) is 0 Å². The Morgan fingerprint density at radius 2 is 2.08 bits per heavy atom. The molecule has 1 fully saturated rings. The molecule has 0 amide bonds. The first kappa shape index (κ1) is 10.0. The molecule has 1 saturated carbocycles. The van der Waals surface area contributed by atoms with Crippen molar-refractivity contribution >= 4 is 0 Å². The van der Waals surface area contributed by atoms with Gasteiger partial charge in [0.15, 0.2) is 0 Å². The average Bonchev–Trinajstić information content (AvgIpc) is 2.36. The molecule has 0 unspecified atom stereocenters. The molecule has 1 aliphatic carbocycles. The standard InChI is InChI=1S/C11H22O/c1-9(2)5-3-6-10-7-4-8-11(10)12/h9-12H,3-8H2,1-2H3/t10-,11-/m1/s1. The van der Waals surface area contributed by atoms with Crippen LogP contribution in [0.4, 0.5) is 0 Å². The van der Waals surface area contributed by atoms with Gasteiger partial charge in [-0.25, -0.2) is 0 Å². The van der Waals surface area contributed by atoms with Crippen molar-refractivity contribution in [1.29, 1.82) is 0 Å². The van der Waals surface area contributed by atoms with E-state index in [1.165, 1.54) is 32.1 Å². The topological polar surface area (TPSA) is 20.2 Å². The zero-order valence-corrected chi connectivity index (χ0v) is 8.42. The Hall–Kier alpha value is -0.0400. The summed E-state index contributed by atoms with van der Waals surface area (Å²) in [6, 6.07) is 0. The van der Waals surface area contributed by atoms with Crippen LogP contribution in [0, 0.1) is 11.8 Å². The third-order valence-corrected chi connectivity index (χ3v) is 2.98. The van der Waals surface area contributed by atoms with E-state index in [1.807, 2.05) is 0 Å². The van der Waals surface area contributed by atoms with Crippen LogP contribution in [0.2, 0.25) is 0 Å². The molecule has 2 atom stereocenters. The number of hydrogen-bond acceptors (Lipinski definition) is 1. The molecule has 0 bridgehead atoms. The fourth-order valence-corrected chi connectivity index (χ4v) is 2.14. The van der Waals surface area contributed by atoms with E-state index >= 15 is 0 Å². The predicted octanol–water partition coefficient (Wildman–Crippen LogP) is 2.97. The van der Waals surface area contributed by atoms with E-state index in [4.69, 9.17) is 0 Å². The van der Waals surface area contributed by atoms with Gasteiger partial charge in [-0.05, 0) is 31.1 Å². The molecule has 1 rings (SSSR count). The summed E-state index contributed by atoms with van der Waals surface area (Å²) in [6.07, 6.45) is 7.46. The van der Waals surface area contributed by atoms with Crippen LogP contribution in [-0.4, -0.2) is 11.2 Å². The number of rotatable bonds is 4. The molecular weight excluding hydrogens is 148 g/mol. The molecule has 0 aromatic rings. The fraction of sp³-hybridized carbons (Fsp3) is 1.00. The van der Waals surface area contributed by atoms with Crippen molar-refractivity contribution in [1.82, 2.24) is 0 Å². The van der Waals surface area contributed by atoms with Crippen LogP contribution < -0.4 is 0 Å². The monoisotopic (exact) mass is 170 g/mol. The van der Waals surface area contributed by atoms with Crippen LogP contribution in [-0.2, 0) is 0 Å². The molecule has 0 spiro atoms. The number of aliphatic hydroxyl groups is 1. The smallest absolute Gasteiger partial charge is 0.0568 e. The van der Waals surface area contributed by atoms with Gasteiger partial charge in [-0.3, -0.25) is 0 Å². The van der Waals surface area contributed by atoms with Gasteiger partial charge in [0.1, 0.15) is 0 Å². The second-order valence-electron chi connectivity index (χ2n) is 4.58. The lowest BCUT2D eigenvalue weighted by atomic mass is 9.96. The van der Waals surface area contributed by atoms with E-state index in [0.29, 0.717) is 5.92 Å². The maximum Gasteiger partial charge on any atom is 0.0568 e. The summed E-state index contributed by atoms with van der Waals surface area (Å²) >= 11 is 0. The molecule has 0 radical (unpaired) electrons. The summed E-state index contributed by atoms with van der Waals surface area (Å²) < 4.78 is 0. The van der Waals surface area contributed by atoms with Gasteiger partial charge in [0.05, 0.1) is 6.10 Å². The van der Waals surface area contributed by atoms with Crippen molar-refractivity contribution in [3.05, 3.63) is 0 Å². The van der Waals surface area contributed by atoms with Crippen LogP contribution in [0.1, 0.15) is 52.4 Å². The fourth-order valence-electron chi connectivity index (χ4n) is 2.14. The predicted molar refractivity (Wildman–Crippen MR) is 52.0 cm³/mol. The first-order valence-electron chi connectivity index (χ1n) is 5.38. The maximum absolute atomic E-state index is 9.55. The molecule has 1 heteroatoms. The normalized spacial score (nSPS) is 30.0. The largest absolute Gasteiger partial charge is 0.393 e. The first-order chi connectivity index (χ1) is 5.70. The molecule has 1 aliphatic rings. The lowest BCUT2D eigenvalue weighted by Crippen LogP contribution is -2.12. The number of aliphatic hydroxyl groups excluding tert-OH is 1. The van der Waals surface area contributed by atoms with E-state index in [9.17, 15) is 5.11 Å². The van der Waals surface area contributed by atoms with Crippen molar-refractivity contribution in [2.45, 2.75) is 58.5 Å². The Kier molecular flexibility index (Phi) is 4.07. The van der Waals surface area contributed by atoms with Gasteiger partial charge in [0.25, 0.3) is 0 Å². The molecule has 0 aromatic carbocycles. The van der Waals surface area contributed by atoms with Crippen molar-refractivity contribution in [2.24, 2.45) is 11.8 Å². The van der Waals surface area contributed by atoms with E-state index in [0.717, 1.165) is 12.3 Å². The van der Waals surface area contributed by atoms with Crippen LogP contribution in [0.3, 0.4) is 0 Å². The molecular formula is C11H22O. The molecule has 0 heterocycles. The second kappa shape index (κ2) is 4.86. The van der Waals surface area contributed by atoms with Gasteiger partial charge < -0.3 is 5.11 Å². The number of hydrogen-bond donors (Lipinski definition) is 1. The van der Waals surface area contributed by atoms with Gasteiger partial charge in [-0.2, -0.15) is 0 Å².